The smallest absolute Gasteiger partial charge is 0.222 e. The maximum atomic E-state index is 6.00. The van der Waals surface area contributed by atoms with Crippen LogP contribution in [0.25, 0.3) is 0 Å². The van der Waals surface area contributed by atoms with Gasteiger partial charge in [0.15, 0.2) is 11.6 Å². The van der Waals surface area contributed by atoms with Crippen LogP contribution in [0.15, 0.2) is 42.7 Å². The minimum absolute atomic E-state index is 0.0885. The van der Waals surface area contributed by atoms with E-state index < -0.39 is 0 Å². The lowest BCUT2D eigenvalue weighted by Crippen LogP contribution is -2.03. The molecule has 0 saturated carbocycles. The average molecular weight is 375 g/mol. The van der Waals surface area contributed by atoms with Crippen molar-refractivity contribution >= 4 is 11.8 Å². The van der Waals surface area contributed by atoms with Gasteiger partial charge in [0.2, 0.25) is 5.95 Å². The molecule has 0 aliphatic rings. The number of nitrogens with two attached hydrogens (primary N) is 2. The second-order valence-electron chi connectivity index (χ2n) is 6.29. The summed E-state index contributed by atoms with van der Waals surface area (Å²) in [6.07, 6.45) is 3.15. The summed E-state index contributed by atoms with van der Waals surface area (Å²) in [5.74, 6) is 8.14. The fraction of sp³-hybridized carbons (Fsp3) is 0.190. The Morgan fingerprint density at radius 1 is 1.00 bits per heavy atom. The summed E-state index contributed by atoms with van der Waals surface area (Å²) in [6.45, 7) is 4.12. The summed E-state index contributed by atoms with van der Waals surface area (Å²) in [4.78, 5) is 12.1. The standard InChI is InChI=1S/C21H21N5O2/c1-13(2)16-11-17(27-3)14(7-8-15-6-4-5-9-24-15)10-18(16)28-19-12-25-21(23)26-20(19)22/h4-6,9-13H,1-3H3,(H4,22,23,25,26). The van der Waals surface area contributed by atoms with Crippen LogP contribution in [0, 0.1) is 11.8 Å². The zero-order chi connectivity index (χ0) is 20.1. The quantitative estimate of drug-likeness (QED) is 0.673. The second kappa shape index (κ2) is 8.27. The first-order chi connectivity index (χ1) is 13.5. The van der Waals surface area contributed by atoms with Gasteiger partial charge in [0.1, 0.15) is 17.2 Å². The van der Waals surface area contributed by atoms with Crippen molar-refractivity contribution in [1.29, 1.82) is 0 Å². The number of ether oxygens (including phenoxy) is 2. The van der Waals surface area contributed by atoms with Gasteiger partial charge >= 0.3 is 0 Å². The number of hydrogen-bond acceptors (Lipinski definition) is 7. The Labute approximate surface area is 163 Å². The number of methoxy groups -OCH3 is 1. The Bertz CT molecular complexity index is 1040. The van der Waals surface area contributed by atoms with Crippen LogP contribution in [0.5, 0.6) is 17.2 Å². The van der Waals surface area contributed by atoms with Crippen LogP contribution in [-0.2, 0) is 0 Å². The van der Waals surface area contributed by atoms with E-state index in [-0.39, 0.29) is 17.7 Å². The lowest BCUT2D eigenvalue weighted by Gasteiger charge is -2.17. The van der Waals surface area contributed by atoms with Crippen molar-refractivity contribution in [3.63, 3.8) is 0 Å². The van der Waals surface area contributed by atoms with Crippen LogP contribution in [0.4, 0.5) is 11.8 Å². The molecule has 0 fully saturated rings. The van der Waals surface area contributed by atoms with E-state index in [1.807, 2.05) is 30.3 Å². The van der Waals surface area contributed by atoms with Crippen molar-refractivity contribution in [3.8, 4) is 29.1 Å². The second-order valence-corrected chi connectivity index (χ2v) is 6.29. The van der Waals surface area contributed by atoms with E-state index >= 15 is 0 Å². The fourth-order valence-corrected chi connectivity index (χ4v) is 2.55. The van der Waals surface area contributed by atoms with Gasteiger partial charge < -0.3 is 20.9 Å². The zero-order valence-corrected chi connectivity index (χ0v) is 15.9. The van der Waals surface area contributed by atoms with E-state index in [0.29, 0.717) is 28.5 Å². The summed E-state index contributed by atoms with van der Waals surface area (Å²) >= 11 is 0. The highest BCUT2D eigenvalue weighted by molar-refractivity contribution is 5.58. The largest absolute Gasteiger partial charge is 0.495 e. The highest BCUT2D eigenvalue weighted by Crippen LogP contribution is 2.37. The zero-order valence-electron chi connectivity index (χ0n) is 15.9. The van der Waals surface area contributed by atoms with Gasteiger partial charge in [0.25, 0.3) is 0 Å². The number of nitrogen functional groups attached to an aromatic ring is 2. The van der Waals surface area contributed by atoms with Gasteiger partial charge in [-0.3, -0.25) is 0 Å². The molecule has 28 heavy (non-hydrogen) atoms. The van der Waals surface area contributed by atoms with Crippen LogP contribution in [0.1, 0.15) is 36.6 Å². The third-order valence-corrected chi connectivity index (χ3v) is 3.97. The number of hydrogen-bond donors (Lipinski definition) is 2. The molecule has 1 aromatic carbocycles. The predicted octanol–water partition coefficient (Wildman–Crippen LogP) is 3.36. The van der Waals surface area contributed by atoms with E-state index in [1.165, 1.54) is 6.20 Å². The number of nitrogens with zero attached hydrogens (tertiary/aromatic N) is 3. The Morgan fingerprint density at radius 3 is 2.46 bits per heavy atom. The highest BCUT2D eigenvalue weighted by atomic mass is 16.5. The number of anilines is 2. The fourth-order valence-electron chi connectivity index (χ4n) is 2.55. The molecule has 2 aromatic heterocycles. The Morgan fingerprint density at radius 2 is 1.82 bits per heavy atom. The Hall–Kier alpha value is -3.79. The van der Waals surface area contributed by atoms with Gasteiger partial charge in [0.05, 0.1) is 18.9 Å². The van der Waals surface area contributed by atoms with Crippen LogP contribution >= 0.6 is 0 Å². The summed E-state index contributed by atoms with van der Waals surface area (Å²) < 4.78 is 11.5. The molecule has 0 bridgehead atoms. The van der Waals surface area contributed by atoms with E-state index in [0.717, 1.165) is 5.56 Å². The predicted molar refractivity (Wildman–Crippen MR) is 108 cm³/mol. The van der Waals surface area contributed by atoms with E-state index in [1.54, 1.807) is 13.3 Å². The monoisotopic (exact) mass is 375 g/mol. The van der Waals surface area contributed by atoms with Gasteiger partial charge in [-0.15, -0.1) is 0 Å². The Kier molecular flexibility index (Phi) is 5.61. The highest BCUT2D eigenvalue weighted by Gasteiger charge is 2.16. The molecular formula is C21H21N5O2. The molecule has 2 heterocycles. The topological polar surface area (TPSA) is 109 Å². The lowest BCUT2D eigenvalue weighted by atomic mass is 9.99. The van der Waals surface area contributed by atoms with Crippen LogP contribution in [0.2, 0.25) is 0 Å². The SMILES string of the molecule is COc1cc(C(C)C)c(Oc2cnc(N)nc2N)cc1C#Cc1ccccn1. The molecule has 3 aromatic rings. The van der Waals surface area contributed by atoms with Crippen molar-refractivity contribution in [3.05, 3.63) is 59.5 Å². The molecule has 3 rings (SSSR count). The van der Waals surface area contributed by atoms with E-state index in [4.69, 9.17) is 20.9 Å². The van der Waals surface area contributed by atoms with Gasteiger partial charge in [-0.2, -0.15) is 4.98 Å². The number of rotatable bonds is 4. The van der Waals surface area contributed by atoms with Gasteiger partial charge in [-0.25, -0.2) is 9.97 Å². The minimum Gasteiger partial charge on any atom is -0.495 e. The van der Waals surface area contributed by atoms with E-state index in [9.17, 15) is 0 Å². The summed E-state index contributed by atoms with van der Waals surface area (Å²) in [5, 5.41) is 0. The summed E-state index contributed by atoms with van der Waals surface area (Å²) in [5.41, 5.74) is 13.7. The third-order valence-electron chi connectivity index (χ3n) is 3.97. The molecule has 4 N–H and O–H groups in total. The van der Waals surface area contributed by atoms with Gasteiger partial charge in [-0.05, 0) is 30.0 Å². The molecule has 7 heteroatoms. The summed E-state index contributed by atoms with van der Waals surface area (Å²) in [7, 11) is 1.61. The molecule has 0 spiro atoms. The van der Waals surface area contributed by atoms with Gasteiger partial charge in [-0.1, -0.05) is 25.8 Å². The molecule has 0 atom stereocenters. The molecule has 0 unspecified atom stereocenters. The first-order valence-corrected chi connectivity index (χ1v) is 8.68. The summed E-state index contributed by atoms with van der Waals surface area (Å²) in [6, 6.07) is 9.30. The number of aromatic nitrogens is 3. The average Bonchev–Trinajstić information content (AvgIpc) is 2.69. The molecule has 0 aliphatic heterocycles. The van der Waals surface area contributed by atoms with Crippen molar-refractivity contribution in [1.82, 2.24) is 15.0 Å². The van der Waals surface area contributed by atoms with Crippen molar-refractivity contribution in [2.24, 2.45) is 0 Å². The molecular weight excluding hydrogens is 354 g/mol. The van der Waals surface area contributed by atoms with Crippen molar-refractivity contribution in [2.75, 3.05) is 18.6 Å². The molecule has 0 amide bonds. The maximum absolute atomic E-state index is 6.00. The lowest BCUT2D eigenvalue weighted by molar-refractivity contribution is 0.409. The maximum Gasteiger partial charge on any atom is 0.222 e. The number of benzene rings is 1. The van der Waals surface area contributed by atoms with Crippen molar-refractivity contribution in [2.45, 2.75) is 19.8 Å². The van der Waals surface area contributed by atoms with Crippen LogP contribution in [-0.4, -0.2) is 22.1 Å². The molecule has 0 radical (unpaired) electrons. The Balaban J connectivity index is 2.06. The molecule has 0 saturated heterocycles. The first kappa shape index (κ1) is 19.0. The van der Waals surface area contributed by atoms with Gasteiger partial charge in [0, 0.05) is 17.8 Å². The third kappa shape index (κ3) is 4.30. The first-order valence-electron chi connectivity index (χ1n) is 8.68. The normalized spacial score (nSPS) is 10.3. The molecule has 0 aliphatic carbocycles. The number of pyridine rings is 1. The molecule has 142 valence electrons. The van der Waals surface area contributed by atoms with Crippen LogP contribution < -0.4 is 20.9 Å². The minimum atomic E-state index is 0.0885. The molecule has 7 nitrogen and oxygen atoms in total. The van der Waals surface area contributed by atoms with Crippen LogP contribution in [0.3, 0.4) is 0 Å². The van der Waals surface area contributed by atoms with E-state index in [2.05, 4.69) is 40.6 Å². The van der Waals surface area contributed by atoms with Crippen molar-refractivity contribution < 1.29 is 9.47 Å².